The Morgan fingerprint density at radius 1 is 1.22 bits per heavy atom. The Kier molecular flexibility index (Phi) is 6.26. The van der Waals surface area contributed by atoms with E-state index in [1.807, 2.05) is 18.9 Å². The molecule has 0 spiro atoms. The van der Waals surface area contributed by atoms with Gasteiger partial charge < -0.3 is 20.3 Å². The highest BCUT2D eigenvalue weighted by atomic mass is 19.4. The van der Waals surface area contributed by atoms with Gasteiger partial charge in [0.2, 0.25) is 11.9 Å². The van der Waals surface area contributed by atoms with E-state index in [-0.39, 0.29) is 12.5 Å². The summed E-state index contributed by atoms with van der Waals surface area (Å²) in [5, 5.41) is 10.4. The number of aryl methyl sites for hydroxylation is 1. The number of anilines is 3. The maximum Gasteiger partial charge on any atom is 0.433 e. The molecular formula is C24H27F3N8O2. The minimum atomic E-state index is -4.47. The van der Waals surface area contributed by atoms with Crippen molar-refractivity contribution in [3.8, 4) is 0 Å². The number of hydrogen-bond donors (Lipinski definition) is 2. The summed E-state index contributed by atoms with van der Waals surface area (Å²) in [4.78, 5) is 27.5. The number of amides is 1. The Balaban J connectivity index is 1.27. The molecule has 1 saturated carbocycles. The van der Waals surface area contributed by atoms with E-state index in [9.17, 15) is 18.0 Å². The number of ether oxygens (including phenoxy) is 1. The van der Waals surface area contributed by atoms with Gasteiger partial charge in [-0.2, -0.15) is 23.3 Å². The third kappa shape index (κ3) is 4.70. The fourth-order valence-corrected chi connectivity index (χ4v) is 4.87. The summed E-state index contributed by atoms with van der Waals surface area (Å²) in [7, 11) is 3.49. The molecule has 1 aliphatic heterocycles. The van der Waals surface area contributed by atoms with Crippen LogP contribution < -0.4 is 15.5 Å². The maximum absolute atomic E-state index is 12.9. The Morgan fingerprint density at radius 3 is 2.62 bits per heavy atom. The van der Waals surface area contributed by atoms with Crippen molar-refractivity contribution >= 4 is 23.4 Å². The average molecular weight is 517 g/mol. The summed E-state index contributed by atoms with van der Waals surface area (Å²) in [5.41, 5.74) is 1.20. The molecule has 196 valence electrons. The van der Waals surface area contributed by atoms with Crippen molar-refractivity contribution in [3.05, 3.63) is 53.2 Å². The number of nitrogens with one attached hydrogen (secondary N) is 2. The first-order valence-corrected chi connectivity index (χ1v) is 11.8. The van der Waals surface area contributed by atoms with Crippen LogP contribution in [0.5, 0.6) is 0 Å². The number of aromatic nitrogens is 5. The molecule has 1 atom stereocenters. The van der Waals surface area contributed by atoms with Crippen LogP contribution in [-0.2, 0) is 28.8 Å². The van der Waals surface area contributed by atoms with E-state index < -0.39 is 23.5 Å². The van der Waals surface area contributed by atoms with Crippen molar-refractivity contribution < 1.29 is 22.7 Å². The van der Waals surface area contributed by atoms with Crippen LogP contribution in [0.1, 0.15) is 41.8 Å². The number of alkyl halides is 3. The predicted octanol–water partition coefficient (Wildman–Crippen LogP) is 3.38. The molecule has 37 heavy (non-hydrogen) atoms. The van der Waals surface area contributed by atoms with Crippen molar-refractivity contribution in [3.63, 3.8) is 0 Å². The lowest BCUT2D eigenvalue weighted by molar-refractivity contribution is -0.141. The molecule has 1 amide bonds. The van der Waals surface area contributed by atoms with Crippen molar-refractivity contribution in [2.75, 3.05) is 29.7 Å². The maximum atomic E-state index is 12.9. The van der Waals surface area contributed by atoms with Gasteiger partial charge in [0, 0.05) is 38.7 Å². The van der Waals surface area contributed by atoms with Gasteiger partial charge in [-0.3, -0.25) is 14.5 Å². The van der Waals surface area contributed by atoms with Gasteiger partial charge in [0.25, 0.3) is 0 Å². The topological polar surface area (TPSA) is 110 Å². The molecule has 5 rings (SSSR count). The van der Waals surface area contributed by atoms with E-state index >= 15 is 0 Å². The highest BCUT2D eigenvalue weighted by Gasteiger charge is 2.52. The molecule has 0 saturated heterocycles. The Bertz CT molecular complexity index is 1300. The van der Waals surface area contributed by atoms with Crippen LogP contribution in [0.4, 0.5) is 30.6 Å². The fraction of sp³-hybridized carbons (Fsp3) is 0.458. The first-order chi connectivity index (χ1) is 17.6. The monoisotopic (exact) mass is 516 g/mol. The zero-order valence-corrected chi connectivity index (χ0v) is 20.6. The average Bonchev–Trinajstić information content (AvgIpc) is 3.27. The zero-order valence-electron chi connectivity index (χ0n) is 20.6. The third-order valence-corrected chi connectivity index (χ3v) is 6.99. The molecule has 0 radical (unpaired) electrons. The second-order valence-electron chi connectivity index (χ2n) is 9.41. The van der Waals surface area contributed by atoms with Gasteiger partial charge in [-0.1, -0.05) is 6.07 Å². The van der Waals surface area contributed by atoms with Crippen LogP contribution in [0.2, 0.25) is 0 Å². The Hall–Kier alpha value is -3.74. The quantitative estimate of drug-likeness (QED) is 0.492. The van der Waals surface area contributed by atoms with Gasteiger partial charge in [0.05, 0.1) is 24.0 Å². The molecule has 2 N–H and O–H groups in total. The van der Waals surface area contributed by atoms with Crippen molar-refractivity contribution in [2.24, 2.45) is 0 Å². The number of nitrogens with zero attached hydrogens (tertiary/aromatic N) is 6. The van der Waals surface area contributed by atoms with E-state index in [1.165, 1.54) is 12.3 Å². The standard InChI is InChI=1S/C24H27F3N8O2/c1-14-18-20(34(2)19(21(36)32-18)23(37-3)7-4-8-23)33-22(31-14)29-10-16-11-30-35(13-16)12-15-5-6-17(28-9-15)24(25,26)27/h5-6,9,11,13,19H,4,7-8,10,12H2,1-3H3,(H,32,36)(H,29,31,33). The molecule has 1 unspecified atom stereocenters. The summed E-state index contributed by atoms with van der Waals surface area (Å²) < 4.78 is 45.5. The first-order valence-electron chi connectivity index (χ1n) is 11.8. The molecular weight excluding hydrogens is 489 g/mol. The van der Waals surface area contributed by atoms with Crippen molar-refractivity contribution in [1.29, 1.82) is 0 Å². The molecule has 1 aliphatic carbocycles. The molecule has 4 heterocycles. The van der Waals surface area contributed by atoms with Crippen LogP contribution >= 0.6 is 0 Å². The molecule has 3 aromatic heterocycles. The molecule has 0 aromatic carbocycles. The van der Waals surface area contributed by atoms with Crippen LogP contribution in [0.15, 0.2) is 30.7 Å². The number of methoxy groups -OCH3 is 1. The third-order valence-electron chi connectivity index (χ3n) is 6.99. The van der Waals surface area contributed by atoms with Gasteiger partial charge in [-0.05, 0) is 37.8 Å². The highest BCUT2D eigenvalue weighted by molar-refractivity contribution is 6.04. The number of fused-ring (bicyclic) bond motifs is 1. The highest BCUT2D eigenvalue weighted by Crippen LogP contribution is 2.44. The smallest absolute Gasteiger partial charge is 0.376 e. The summed E-state index contributed by atoms with van der Waals surface area (Å²) in [6, 6.07) is 1.86. The Morgan fingerprint density at radius 2 is 2.00 bits per heavy atom. The second-order valence-corrected chi connectivity index (χ2v) is 9.41. The minimum Gasteiger partial charge on any atom is -0.376 e. The summed E-state index contributed by atoms with van der Waals surface area (Å²) >= 11 is 0. The zero-order chi connectivity index (χ0) is 26.4. The van der Waals surface area contributed by atoms with E-state index in [4.69, 9.17) is 4.74 Å². The van der Waals surface area contributed by atoms with Crippen LogP contribution in [0, 0.1) is 6.92 Å². The lowest BCUT2D eigenvalue weighted by atomic mass is 9.73. The molecule has 1 fully saturated rings. The normalized spacial score (nSPS) is 18.7. The SMILES string of the molecule is COC1(C2C(=O)Nc3c(C)nc(NCc4cnn(Cc5ccc(C(F)(F)F)nc5)c4)nc3N2C)CCC1. The molecule has 10 nitrogen and oxygen atoms in total. The van der Waals surface area contributed by atoms with Crippen LogP contribution in [0.25, 0.3) is 0 Å². The number of carbonyl (C=O) groups is 1. The van der Waals surface area contributed by atoms with E-state index in [2.05, 4.69) is 30.7 Å². The predicted molar refractivity (Wildman–Crippen MR) is 129 cm³/mol. The summed E-state index contributed by atoms with van der Waals surface area (Å²) in [6.07, 6.45) is 2.81. The van der Waals surface area contributed by atoms with Gasteiger partial charge in [-0.25, -0.2) is 4.98 Å². The second kappa shape index (κ2) is 9.29. The van der Waals surface area contributed by atoms with E-state index in [0.717, 1.165) is 30.9 Å². The number of rotatable bonds is 7. The lowest BCUT2D eigenvalue weighted by Gasteiger charge is -2.50. The van der Waals surface area contributed by atoms with E-state index in [0.29, 0.717) is 35.3 Å². The largest absolute Gasteiger partial charge is 0.433 e. The molecule has 0 bridgehead atoms. The van der Waals surface area contributed by atoms with Crippen LogP contribution in [-0.4, -0.2) is 56.4 Å². The molecule has 13 heteroatoms. The lowest BCUT2D eigenvalue weighted by Crippen LogP contribution is -2.64. The first kappa shape index (κ1) is 24.9. The molecule has 3 aromatic rings. The van der Waals surface area contributed by atoms with Gasteiger partial charge in [0.15, 0.2) is 5.82 Å². The molecule has 2 aliphatic rings. The van der Waals surface area contributed by atoms with E-state index in [1.54, 1.807) is 24.2 Å². The minimum absolute atomic E-state index is 0.125. The number of likely N-dealkylation sites (N-methyl/N-ethyl adjacent to an activating group) is 1. The number of hydrogen-bond acceptors (Lipinski definition) is 8. The number of carbonyl (C=O) groups excluding carboxylic acids is 1. The summed E-state index contributed by atoms with van der Waals surface area (Å²) in [6.45, 7) is 2.48. The Labute approximate surface area is 211 Å². The summed E-state index contributed by atoms with van der Waals surface area (Å²) in [5.74, 6) is 0.894. The van der Waals surface area contributed by atoms with Crippen LogP contribution in [0.3, 0.4) is 0 Å². The van der Waals surface area contributed by atoms with Crippen molar-refractivity contribution in [1.82, 2.24) is 24.7 Å². The van der Waals surface area contributed by atoms with Gasteiger partial charge in [0.1, 0.15) is 17.4 Å². The fourth-order valence-electron chi connectivity index (χ4n) is 4.87. The number of pyridine rings is 1. The van der Waals surface area contributed by atoms with Gasteiger partial charge in [-0.15, -0.1) is 0 Å². The van der Waals surface area contributed by atoms with Crippen molar-refractivity contribution in [2.45, 2.75) is 57.1 Å². The number of halogens is 3. The van der Waals surface area contributed by atoms with Gasteiger partial charge >= 0.3 is 6.18 Å².